The molecule has 2 heterocycles. The van der Waals surface area contributed by atoms with Gasteiger partial charge in [-0.05, 0) is 193 Å². The normalized spacial score (nSPS) is 13.3. The van der Waals surface area contributed by atoms with E-state index in [1.165, 1.54) is 99.4 Å². The zero-order valence-corrected chi connectivity index (χ0v) is 50.9. The predicted octanol–water partition coefficient (Wildman–Crippen LogP) is 23.5. The number of benzene rings is 13. The summed E-state index contributed by atoms with van der Waals surface area (Å²) in [5, 5.41) is 4.72. The van der Waals surface area contributed by atoms with Gasteiger partial charge in [-0.2, -0.15) is 0 Å². The molecule has 90 heavy (non-hydrogen) atoms. The van der Waals surface area contributed by atoms with E-state index < -0.39 is 0 Å². The lowest BCUT2D eigenvalue weighted by Gasteiger charge is -2.23. The molecule has 426 valence electrons. The highest BCUT2D eigenvalue weighted by atomic mass is 15.0. The Bertz CT molecular complexity index is 4840. The van der Waals surface area contributed by atoms with Crippen LogP contribution in [0.5, 0.6) is 0 Å². The van der Waals surface area contributed by atoms with E-state index in [4.69, 9.17) is 0 Å². The third-order valence-corrected chi connectivity index (χ3v) is 19.8. The first-order valence-corrected chi connectivity index (χ1v) is 31.6. The Balaban J connectivity index is 0.915. The standard InChI is InChI=1S/C88H64N2/c1-87(2)77-31-19-17-29-69(77)71-45-41-65(53-79(71)87)57-33-37-63(38-34-57)85-73-47-43-68(90-83(61-25-13-7-14-26-61)51-52-84(90)62-27-15-8-16-28-62)56-76(73)86(64-39-35-58(36-40-64)66-42-46-72-70-30-18-20-32-78(70)88(3,4)80(72)54-66)74-48-44-67(55-75(74)85)89-81(59-21-9-5-10-22-59)49-50-82(89)60-23-11-6-12-24-60/h5-56H,1-4H3. The van der Waals surface area contributed by atoms with Crippen LogP contribution in [-0.2, 0) is 10.8 Å². The molecule has 0 atom stereocenters. The lowest BCUT2D eigenvalue weighted by Crippen LogP contribution is -2.14. The SMILES string of the molecule is CC1(C)c2ccccc2-c2ccc(-c3ccc(-c4c5ccc(-n6c(-c7ccccc7)ccc6-c6ccccc6)cc5c(-c5ccc(-c6ccc7c(c6)C(C)(C)c6ccccc6-7)cc5)c5ccc(-n6c(-c7ccccc7)ccc6-c6ccccc6)cc45)cc3)cc21. The summed E-state index contributed by atoms with van der Waals surface area (Å²) < 4.78 is 4.93. The molecule has 0 aliphatic heterocycles. The van der Waals surface area contributed by atoms with Crippen molar-refractivity contribution in [3.05, 3.63) is 338 Å². The van der Waals surface area contributed by atoms with Gasteiger partial charge >= 0.3 is 0 Å². The first kappa shape index (κ1) is 53.2. The monoisotopic (exact) mass is 1150 g/mol. The largest absolute Gasteiger partial charge is 0.309 e. The van der Waals surface area contributed by atoms with E-state index in [1.807, 2.05) is 0 Å². The molecule has 13 aromatic carbocycles. The van der Waals surface area contributed by atoms with Crippen LogP contribution < -0.4 is 0 Å². The molecule has 0 radical (unpaired) electrons. The Morgan fingerprint density at radius 2 is 0.489 bits per heavy atom. The van der Waals surface area contributed by atoms with E-state index in [9.17, 15) is 0 Å². The van der Waals surface area contributed by atoms with Crippen molar-refractivity contribution in [1.29, 1.82) is 0 Å². The van der Waals surface area contributed by atoms with Gasteiger partial charge in [0.2, 0.25) is 0 Å². The molecule has 2 nitrogen and oxygen atoms in total. The minimum absolute atomic E-state index is 0.102. The lowest BCUT2D eigenvalue weighted by molar-refractivity contribution is 0.660. The van der Waals surface area contributed by atoms with Crippen LogP contribution in [0.3, 0.4) is 0 Å². The molecule has 17 rings (SSSR count). The second-order valence-corrected chi connectivity index (χ2v) is 25.6. The molecule has 0 saturated carbocycles. The van der Waals surface area contributed by atoms with Crippen molar-refractivity contribution in [1.82, 2.24) is 9.13 Å². The highest BCUT2D eigenvalue weighted by Gasteiger charge is 2.37. The van der Waals surface area contributed by atoms with Crippen LogP contribution in [0.1, 0.15) is 49.9 Å². The number of aromatic nitrogens is 2. The highest BCUT2D eigenvalue weighted by Crippen LogP contribution is 2.53. The van der Waals surface area contributed by atoms with E-state index in [0.717, 1.165) is 67.5 Å². The molecule has 0 bridgehead atoms. The summed E-state index contributed by atoms with van der Waals surface area (Å²) in [6.07, 6.45) is 0. The molecule has 0 N–H and O–H groups in total. The molecule has 2 aliphatic carbocycles. The molecule has 2 heteroatoms. The summed E-state index contributed by atoms with van der Waals surface area (Å²) in [5.41, 5.74) is 31.6. The van der Waals surface area contributed by atoms with Crippen LogP contribution in [0.15, 0.2) is 315 Å². The molecule has 0 unspecified atom stereocenters. The van der Waals surface area contributed by atoms with Crippen molar-refractivity contribution in [3.63, 3.8) is 0 Å². The zero-order valence-electron chi connectivity index (χ0n) is 50.9. The Morgan fingerprint density at radius 3 is 0.833 bits per heavy atom. The molecular weight excluding hydrogens is 1080 g/mol. The quantitative estimate of drug-likeness (QED) is 0.121. The van der Waals surface area contributed by atoms with Gasteiger partial charge in [0.1, 0.15) is 0 Å². The maximum atomic E-state index is 2.47. The van der Waals surface area contributed by atoms with Gasteiger partial charge < -0.3 is 9.13 Å². The average molecular weight is 1150 g/mol. The van der Waals surface area contributed by atoms with Gasteiger partial charge in [0.25, 0.3) is 0 Å². The lowest BCUT2D eigenvalue weighted by atomic mass is 9.81. The van der Waals surface area contributed by atoms with Crippen LogP contribution in [0.2, 0.25) is 0 Å². The Labute approximate surface area is 526 Å². The Hall–Kier alpha value is -11.1. The van der Waals surface area contributed by atoms with Gasteiger partial charge in [-0.25, -0.2) is 0 Å². The molecule has 15 aromatic rings. The Kier molecular flexibility index (Phi) is 12.3. The van der Waals surface area contributed by atoms with Gasteiger partial charge in [-0.15, -0.1) is 0 Å². The van der Waals surface area contributed by atoms with Gasteiger partial charge in [0, 0.05) is 22.2 Å². The van der Waals surface area contributed by atoms with Crippen LogP contribution in [-0.4, -0.2) is 9.13 Å². The maximum absolute atomic E-state index is 2.47. The summed E-state index contributed by atoms with van der Waals surface area (Å²) in [5.74, 6) is 0. The third kappa shape index (κ3) is 8.47. The fraction of sp³-hybridized carbons (Fsp3) is 0.0682. The van der Waals surface area contributed by atoms with Crippen molar-refractivity contribution < 1.29 is 0 Å². The van der Waals surface area contributed by atoms with Gasteiger partial charge in [-0.1, -0.05) is 282 Å². The smallest absolute Gasteiger partial charge is 0.0535 e. The van der Waals surface area contributed by atoms with Crippen LogP contribution in [0.4, 0.5) is 0 Å². The van der Waals surface area contributed by atoms with E-state index in [0.29, 0.717) is 0 Å². The molecule has 0 saturated heterocycles. The molecule has 2 aliphatic rings. The summed E-state index contributed by atoms with van der Waals surface area (Å²) in [6.45, 7) is 9.47. The first-order valence-electron chi connectivity index (χ1n) is 31.6. The van der Waals surface area contributed by atoms with E-state index in [1.54, 1.807) is 0 Å². The molecular formula is C88H64N2. The van der Waals surface area contributed by atoms with E-state index in [-0.39, 0.29) is 10.8 Å². The summed E-state index contributed by atoms with van der Waals surface area (Å²) >= 11 is 0. The number of hydrogen-bond donors (Lipinski definition) is 0. The maximum Gasteiger partial charge on any atom is 0.0535 e. The molecule has 0 amide bonds. The Morgan fingerprint density at radius 1 is 0.200 bits per heavy atom. The first-order chi connectivity index (χ1) is 44.2. The van der Waals surface area contributed by atoms with Gasteiger partial charge in [0.15, 0.2) is 0 Å². The fourth-order valence-electron chi connectivity index (χ4n) is 15.3. The summed E-state index contributed by atoms with van der Waals surface area (Å²) in [6, 6.07) is 118. The molecule has 0 fully saturated rings. The average Bonchev–Trinajstić information content (AvgIpc) is 1.25. The zero-order chi connectivity index (χ0) is 60.2. The summed E-state index contributed by atoms with van der Waals surface area (Å²) in [7, 11) is 0. The van der Waals surface area contributed by atoms with Crippen LogP contribution in [0.25, 0.3) is 145 Å². The van der Waals surface area contributed by atoms with E-state index in [2.05, 4.69) is 352 Å². The summed E-state index contributed by atoms with van der Waals surface area (Å²) in [4.78, 5) is 0. The third-order valence-electron chi connectivity index (χ3n) is 19.8. The highest BCUT2D eigenvalue weighted by molar-refractivity contribution is 6.22. The van der Waals surface area contributed by atoms with Crippen molar-refractivity contribution in [2.75, 3.05) is 0 Å². The van der Waals surface area contributed by atoms with Crippen molar-refractivity contribution in [3.8, 4) is 123 Å². The molecule has 2 aromatic heterocycles. The fourth-order valence-corrected chi connectivity index (χ4v) is 15.3. The van der Waals surface area contributed by atoms with Crippen LogP contribution in [0, 0.1) is 0 Å². The topological polar surface area (TPSA) is 9.86 Å². The van der Waals surface area contributed by atoms with Gasteiger partial charge in [0.05, 0.1) is 22.8 Å². The molecule has 0 spiro atoms. The van der Waals surface area contributed by atoms with Crippen LogP contribution >= 0.6 is 0 Å². The number of rotatable bonds is 10. The van der Waals surface area contributed by atoms with Crippen molar-refractivity contribution >= 4 is 21.5 Å². The van der Waals surface area contributed by atoms with E-state index >= 15 is 0 Å². The minimum Gasteiger partial charge on any atom is -0.309 e. The predicted molar refractivity (Wildman–Crippen MR) is 379 cm³/mol. The number of hydrogen-bond acceptors (Lipinski definition) is 0. The second kappa shape index (κ2) is 20.8. The number of fused-ring (bicyclic) bond motifs is 8. The minimum atomic E-state index is -0.102. The number of nitrogens with zero attached hydrogens (tertiary/aromatic N) is 2. The van der Waals surface area contributed by atoms with Crippen molar-refractivity contribution in [2.45, 2.75) is 38.5 Å². The second-order valence-electron chi connectivity index (χ2n) is 25.6. The van der Waals surface area contributed by atoms with Crippen molar-refractivity contribution in [2.24, 2.45) is 0 Å². The van der Waals surface area contributed by atoms with Gasteiger partial charge in [-0.3, -0.25) is 0 Å².